The molecule has 0 unspecified atom stereocenters. The summed E-state index contributed by atoms with van der Waals surface area (Å²) in [4.78, 5) is -0.0321. The van der Waals surface area contributed by atoms with Crippen molar-refractivity contribution in [3.05, 3.63) is 56.7 Å². The van der Waals surface area contributed by atoms with Gasteiger partial charge in [-0.25, -0.2) is 12.8 Å². The molecule has 0 heterocycles. The Kier molecular flexibility index (Phi) is 5.29. The normalized spacial score (nSPS) is 11.4. The Hall–Kier alpha value is -0.630. The van der Waals surface area contributed by atoms with Crippen molar-refractivity contribution in [2.75, 3.05) is 0 Å². The van der Waals surface area contributed by atoms with Crippen LogP contribution in [0.2, 0.25) is 0 Å². The zero-order valence-corrected chi connectivity index (χ0v) is 15.1. The van der Waals surface area contributed by atoms with Crippen LogP contribution in [-0.4, -0.2) is 8.42 Å². The minimum absolute atomic E-state index is 0.0321. The molecule has 0 aliphatic rings. The lowest BCUT2D eigenvalue weighted by Crippen LogP contribution is -1.99. The average Bonchev–Trinajstić information content (AvgIpc) is 2.40. The number of ether oxygens (including phenoxy) is 1. The first-order chi connectivity index (χ1) is 9.79. The predicted octanol–water partition coefficient (Wildman–Crippen LogP) is 4.86. The van der Waals surface area contributed by atoms with Gasteiger partial charge in [0.15, 0.2) is 0 Å². The Balaban J connectivity index is 2.19. The molecule has 0 aromatic heterocycles. The standard InChI is InChI=1S/C13H8Br2ClFO3S/c14-10-6-9(21(16,18)19)4-5-12(10)20-7-8-2-1-3-11(17)13(8)15/h1-6H,7H2. The molecule has 0 amide bonds. The van der Waals surface area contributed by atoms with Crippen molar-refractivity contribution in [1.29, 1.82) is 0 Å². The molecule has 0 saturated heterocycles. The minimum Gasteiger partial charge on any atom is -0.488 e. The van der Waals surface area contributed by atoms with E-state index < -0.39 is 9.05 Å². The van der Waals surface area contributed by atoms with Gasteiger partial charge in [0.05, 0.1) is 13.8 Å². The van der Waals surface area contributed by atoms with E-state index in [0.29, 0.717) is 20.3 Å². The summed E-state index contributed by atoms with van der Waals surface area (Å²) in [5.74, 6) is 0.0500. The summed E-state index contributed by atoms with van der Waals surface area (Å²) in [5.41, 5.74) is 0.635. The first kappa shape index (κ1) is 16.7. The molecule has 8 heteroatoms. The number of rotatable bonds is 4. The molecule has 0 atom stereocenters. The van der Waals surface area contributed by atoms with Crippen molar-refractivity contribution >= 4 is 51.6 Å². The van der Waals surface area contributed by atoms with Gasteiger partial charge < -0.3 is 4.74 Å². The fraction of sp³-hybridized carbons (Fsp3) is 0.0769. The van der Waals surface area contributed by atoms with Crippen LogP contribution in [-0.2, 0) is 15.7 Å². The molecule has 0 aliphatic carbocycles. The molecule has 21 heavy (non-hydrogen) atoms. The van der Waals surface area contributed by atoms with Gasteiger partial charge in [-0.1, -0.05) is 12.1 Å². The van der Waals surface area contributed by atoms with Crippen LogP contribution in [0, 0.1) is 5.82 Å². The number of hydrogen-bond acceptors (Lipinski definition) is 3. The quantitative estimate of drug-likeness (QED) is 0.615. The fourth-order valence-electron chi connectivity index (χ4n) is 1.57. The van der Waals surface area contributed by atoms with Gasteiger partial charge in [-0.15, -0.1) is 0 Å². The fourth-order valence-corrected chi connectivity index (χ4v) is 3.37. The molecule has 2 rings (SSSR count). The summed E-state index contributed by atoms with van der Waals surface area (Å²) in [7, 11) is 1.46. The largest absolute Gasteiger partial charge is 0.488 e. The molecule has 0 radical (unpaired) electrons. The van der Waals surface area contributed by atoms with Crippen LogP contribution < -0.4 is 4.74 Å². The van der Waals surface area contributed by atoms with Crippen molar-refractivity contribution in [3.8, 4) is 5.75 Å². The van der Waals surface area contributed by atoms with Crippen molar-refractivity contribution in [2.24, 2.45) is 0 Å². The Bertz CT molecular complexity index is 781. The van der Waals surface area contributed by atoms with Crippen molar-refractivity contribution in [2.45, 2.75) is 11.5 Å². The van der Waals surface area contributed by atoms with Gasteiger partial charge in [0.25, 0.3) is 9.05 Å². The van der Waals surface area contributed by atoms with Gasteiger partial charge in [0.1, 0.15) is 18.2 Å². The summed E-state index contributed by atoms with van der Waals surface area (Å²) in [5, 5.41) is 0. The van der Waals surface area contributed by atoms with E-state index in [1.165, 1.54) is 24.3 Å². The van der Waals surface area contributed by atoms with E-state index in [0.717, 1.165) is 0 Å². The smallest absolute Gasteiger partial charge is 0.261 e. The Labute approximate surface area is 142 Å². The molecule has 0 bridgehead atoms. The first-order valence-corrected chi connectivity index (χ1v) is 9.48. The third kappa shape index (κ3) is 4.18. The van der Waals surface area contributed by atoms with Gasteiger partial charge in [-0.2, -0.15) is 0 Å². The molecule has 2 aromatic rings. The van der Waals surface area contributed by atoms with E-state index in [-0.39, 0.29) is 17.3 Å². The molecule has 0 spiro atoms. The molecule has 0 aliphatic heterocycles. The predicted molar refractivity (Wildman–Crippen MR) is 85.6 cm³/mol. The molecule has 2 aromatic carbocycles. The second-order valence-electron chi connectivity index (χ2n) is 4.03. The average molecular weight is 459 g/mol. The van der Waals surface area contributed by atoms with Crippen LogP contribution in [0.3, 0.4) is 0 Å². The lowest BCUT2D eigenvalue weighted by molar-refractivity contribution is 0.302. The summed E-state index contributed by atoms with van der Waals surface area (Å²) in [6, 6.07) is 8.80. The molecular formula is C13H8Br2ClFO3S. The molecule has 3 nitrogen and oxygen atoms in total. The van der Waals surface area contributed by atoms with Gasteiger partial charge in [0, 0.05) is 16.2 Å². The SMILES string of the molecule is O=S(=O)(Cl)c1ccc(OCc2cccc(F)c2Br)c(Br)c1. The third-order valence-electron chi connectivity index (χ3n) is 2.60. The summed E-state index contributed by atoms with van der Waals surface area (Å²) >= 11 is 6.36. The van der Waals surface area contributed by atoms with Crippen LogP contribution in [0.15, 0.2) is 50.2 Å². The maximum Gasteiger partial charge on any atom is 0.261 e. The second kappa shape index (κ2) is 6.64. The lowest BCUT2D eigenvalue weighted by atomic mass is 10.2. The monoisotopic (exact) mass is 456 g/mol. The highest BCUT2D eigenvalue weighted by Gasteiger charge is 2.13. The van der Waals surface area contributed by atoms with E-state index in [1.807, 2.05) is 0 Å². The van der Waals surface area contributed by atoms with Crippen LogP contribution >= 0.6 is 42.5 Å². The Morgan fingerprint density at radius 3 is 2.52 bits per heavy atom. The Morgan fingerprint density at radius 2 is 1.90 bits per heavy atom. The summed E-state index contributed by atoms with van der Waals surface area (Å²) in [6.45, 7) is 0.129. The number of hydrogen-bond donors (Lipinski definition) is 0. The summed E-state index contributed by atoms with van der Waals surface area (Å²) in [6.07, 6.45) is 0. The van der Waals surface area contributed by atoms with Crippen LogP contribution in [0.25, 0.3) is 0 Å². The van der Waals surface area contributed by atoms with Gasteiger partial charge >= 0.3 is 0 Å². The van der Waals surface area contributed by atoms with Crippen LogP contribution in [0.1, 0.15) is 5.56 Å². The van der Waals surface area contributed by atoms with E-state index >= 15 is 0 Å². The van der Waals surface area contributed by atoms with Gasteiger partial charge in [-0.05, 0) is 56.1 Å². The molecule has 0 saturated carbocycles. The lowest BCUT2D eigenvalue weighted by Gasteiger charge is -2.10. The van der Waals surface area contributed by atoms with Crippen LogP contribution in [0.4, 0.5) is 4.39 Å². The number of benzene rings is 2. The number of halogens is 4. The first-order valence-electron chi connectivity index (χ1n) is 5.59. The second-order valence-corrected chi connectivity index (χ2v) is 8.24. The molecule has 112 valence electrons. The molecule has 0 fully saturated rings. The zero-order chi connectivity index (χ0) is 15.6. The van der Waals surface area contributed by atoms with E-state index in [4.69, 9.17) is 15.4 Å². The Morgan fingerprint density at radius 1 is 1.19 bits per heavy atom. The maximum absolute atomic E-state index is 13.4. The molecular weight excluding hydrogens is 450 g/mol. The van der Waals surface area contributed by atoms with Gasteiger partial charge in [0.2, 0.25) is 0 Å². The van der Waals surface area contributed by atoms with Crippen LogP contribution in [0.5, 0.6) is 5.75 Å². The highest BCUT2D eigenvalue weighted by atomic mass is 79.9. The highest BCUT2D eigenvalue weighted by molar-refractivity contribution is 9.10. The van der Waals surface area contributed by atoms with Crippen molar-refractivity contribution < 1.29 is 17.5 Å². The van der Waals surface area contributed by atoms with Crippen molar-refractivity contribution in [1.82, 2.24) is 0 Å². The van der Waals surface area contributed by atoms with E-state index in [9.17, 15) is 12.8 Å². The van der Waals surface area contributed by atoms with Crippen molar-refractivity contribution in [3.63, 3.8) is 0 Å². The van der Waals surface area contributed by atoms with E-state index in [2.05, 4.69) is 31.9 Å². The van der Waals surface area contributed by atoms with E-state index in [1.54, 1.807) is 12.1 Å². The van der Waals surface area contributed by atoms with Gasteiger partial charge in [-0.3, -0.25) is 0 Å². The molecule has 0 N–H and O–H groups in total. The maximum atomic E-state index is 13.4. The summed E-state index contributed by atoms with van der Waals surface area (Å²) < 4.78 is 42.1. The third-order valence-corrected chi connectivity index (χ3v) is 5.46. The zero-order valence-electron chi connectivity index (χ0n) is 10.3. The highest BCUT2D eigenvalue weighted by Crippen LogP contribution is 2.30. The minimum atomic E-state index is -3.79. The topological polar surface area (TPSA) is 43.4 Å².